The summed E-state index contributed by atoms with van der Waals surface area (Å²) in [5, 5.41) is 6.99. The number of para-hydroxylation sites is 1. The van der Waals surface area contributed by atoms with Crippen LogP contribution in [-0.4, -0.2) is 30.8 Å². The summed E-state index contributed by atoms with van der Waals surface area (Å²) in [4.78, 5) is 4.33. The molecule has 1 aromatic carbocycles. The third-order valence-corrected chi connectivity index (χ3v) is 2.40. The molecule has 2 rings (SSSR count). The maximum absolute atomic E-state index is 5.26. The van der Waals surface area contributed by atoms with Gasteiger partial charge in [-0.1, -0.05) is 17.3 Å². The first-order chi connectivity index (χ1) is 8.35. The van der Waals surface area contributed by atoms with E-state index in [9.17, 15) is 0 Å². The highest BCUT2D eigenvalue weighted by atomic mass is 16.5. The molecule has 5 nitrogen and oxygen atoms in total. The van der Waals surface area contributed by atoms with Crippen LogP contribution < -0.4 is 10.1 Å². The van der Waals surface area contributed by atoms with Crippen LogP contribution in [0.4, 0.5) is 0 Å². The van der Waals surface area contributed by atoms with E-state index in [1.807, 2.05) is 31.3 Å². The highest BCUT2D eigenvalue weighted by Crippen LogP contribution is 2.26. The Bertz CT molecular complexity index is 482. The minimum Gasteiger partial charge on any atom is -0.496 e. The molecule has 0 atom stereocenters. The van der Waals surface area contributed by atoms with Gasteiger partial charge in [-0.25, -0.2) is 0 Å². The third kappa shape index (κ3) is 2.62. The molecule has 0 saturated carbocycles. The van der Waals surface area contributed by atoms with Gasteiger partial charge >= 0.3 is 0 Å². The summed E-state index contributed by atoms with van der Waals surface area (Å²) in [7, 11) is 3.51. The Kier molecular flexibility index (Phi) is 3.72. The zero-order chi connectivity index (χ0) is 12.1. The molecule has 17 heavy (non-hydrogen) atoms. The Labute approximate surface area is 99.8 Å². The fourth-order valence-corrected chi connectivity index (χ4v) is 1.53. The molecule has 0 spiro atoms. The van der Waals surface area contributed by atoms with Gasteiger partial charge < -0.3 is 14.6 Å². The minimum absolute atomic E-state index is 0.563. The lowest BCUT2D eigenvalue weighted by Gasteiger charge is -2.02. The molecule has 5 heteroatoms. The maximum atomic E-state index is 5.26. The second kappa shape index (κ2) is 5.45. The highest BCUT2D eigenvalue weighted by molar-refractivity contribution is 5.63. The first kappa shape index (κ1) is 11.6. The zero-order valence-corrected chi connectivity index (χ0v) is 9.93. The molecule has 0 unspecified atom stereocenters. The van der Waals surface area contributed by atoms with E-state index >= 15 is 0 Å². The Hall–Kier alpha value is -1.88. The normalized spacial score (nSPS) is 10.5. The van der Waals surface area contributed by atoms with Gasteiger partial charge in [0.25, 0.3) is 0 Å². The van der Waals surface area contributed by atoms with Crippen LogP contribution in [0.25, 0.3) is 11.4 Å². The molecule has 0 radical (unpaired) electrons. The zero-order valence-electron chi connectivity index (χ0n) is 9.93. The van der Waals surface area contributed by atoms with Gasteiger partial charge in [0.15, 0.2) is 0 Å². The lowest BCUT2D eigenvalue weighted by Crippen LogP contribution is -2.10. The molecule has 90 valence electrons. The van der Waals surface area contributed by atoms with Crippen molar-refractivity contribution in [1.82, 2.24) is 15.5 Å². The second-order valence-electron chi connectivity index (χ2n) is 3.57. The van der Waals surface area contributed by atoms with E-state index in [1.165, 1.54) is 0 Å². The van der Waals surface area contributed by atoms with Crippen LogP contribution in [0.3, 0.4) is 0 Å². The maximum Gasteiger partial charge on any atom is 0.228 e. The number of likely N-dealkylation sites (N-methyl/N-ethyl adjacent to an activating group) is 1. The summed E-state index contributed by atoms with van der Waals surface area (Å²) < 4.78 is 10.4. The van der Waals surface area contributed by atoms with Crippen molar-refractivity contribution in [3.05, 3.63) is 30.2 Å². The van der Waals surface area contributed by atoms with E-state index in [0.29, 0.717) is 11.7 Å². The molecule has 0 amide bonds. The molecule has 0 saturated heterocycles. The van der Waals surface area contributed by atoms with E-state index < -0.39 is 0 Å². The number of rotatable bonds is 5. The largest absolute Gasteiger partial charge is 0.496 e. The molecular formula is C12H15N3O2. The van der Waals surface area contributed by atoms with Crippen molar-refractivity contribution in [3.63, 3.8) is 0 Å². The lowest BCUT2D eigenvalue weighted by atomic mass is 10.2. The summed E-state index contributed by atoms with van der Waals surface area (Å²) in [6.07, 6.45) is 0.721. The number of methoxy groups -OCH3 is 1. The van der Waals surface area contributed by atoms with Gasteiger partial charge in [-0.2, -0.15) is 4.98 Å². The molecular weight excluding hydrogens is 218 g/mol. The Morgan fingerprint density at radius 2 is 2.18 bits per heavy atom. The van der Waals surface area contributed by atoms with E-state index in [4.69, 9.17) is 9.26 Å². The van der Waals surface area contributed by atoms with Crippen LogP contribution >= 0.6 is 0 Å². The van der Waals surface area contributed by atoms with Crippen LogP contribution in [0.5, 0.6) is 5.75 Å². The van der Waals surface area contributed by atoms with Gasteiger partial charge in [0.1, 0.15) is 5.75 Å². The van der Waals surface area contributed by atoms with Crippen molar-refractivity contribution in [3.8, 4) is 17.1 Å². The number of aromatic nitrogens is 2. The summed E-state index contributed by atoms with van der Waals surface area (Å²) in [5.74, 6) is 1.93. The second-order valence-corrected chi connectivity index (χ2v) is 3.57. The smallest absolute Gasteiger partial charge is 0.228 e. The predicted molar refractivity (Wildman–Crippen MR) is 63.9 cm³/mol. The van der Waals surface area contributed by atoms with E-state index in [2.05, 4.69) is 15.5 Å². The standard InChI is InChI=1S/C12H15N3O2/c1-13-8-7-11-14-12(15-17-11)9-5-3-4-6-10(9)16-2/h3-6,13H,7-8H2,1-2H3. The molecule has 1 heterocycles. The van der Waals surface area contributed by atoms with Gasteiger partial charge in [0.05, 0.1) is 12.7 Å². The van der Waals surface area contributed by atoms with Crippen LogP contribution in [0.1, 0.15) is 5.89 Å². The van der Waals surface area contributed by atoms with Gasteiger partial charge in [-0.05, 0) is 19.2 Å². The monoisotopic (exact) mass is 233 g/mol. The van der Waals surface area contributed by atoms with Gasteiger partial charge in [0, 0.05) is 13.0 Å². The van der Waals surface area contributed by atoms with Gasteiger partial charge in [0.2, 0.25) is 11.7 Å². The highest BCUT2D eigenvalue weighted by Gasteiger charge is 2.12. The van der Waals surface area contributed by atoms with Crippen LogP contribution in [0.15, 0.2) is 28.8 Å². The number of ether oxygens (including phenoxy) is 1. The molecule has 0 bridgehead atoms. The van der Waals surface area contributed by atoms with Crippen molar-refractivity contribution < 1.29 is 9.26 Å². The first-order valence-electron chi connectivity index (χ1n) is 5.45. The quantitative estimate of drug-likeness (QED) is 0.848. The lowest BCUT2D eigenvalue weighted by molar-refractivity contribution is 0.377. The predicted octanol–water partition coefficient (Wildman–Crippen LogP) is 1.51. The van der Waals surface area contributed by atoms with Crippen molar-refractivity contribution >= 4 is 0 Å². The van der Waals surface area contributed by atoms with E-state index in [1.54, 1.807) is 7.11 Å². The number of hydrogen-bond acceptors (Lipinski definition) is 5. The van der Waals surface area contributed by atoms with Crippen molar-refractivity contribution in [2.45, 2.75) is 6.42 Å². The summed E-state index contributed by atoms with van der Waals surface area (Å²) in [6.45, 7) is 0.813. The molecule has 0 aliphatic carbocycles. The van der Waals surface area contributed by atoms with E-state index in [-0.39, 0.29) is 0 Å². The fourth-order valence-electron chi connectivity index (χ4n) is 1.53. The molecule has 0 aliphatic rings. The Balaban J connectivity index is 2.24. The minimum atomic E-state index is 0.563. The number of nitrogens with one attached hydrogen (secondary N) is 1. The number of benzene rings is 1. The van der Waals surface area contributed by atoms with Crippen LogP contribution in [0, 0.1) is 0 Å². The molecule has 0 fully saturated rings. The topological polar surface area (TPSA) is 60.2 Å². The SMILES string of the molecule is CNCCc1nc(-c2ccccc2OC)no1. The van der Waals surface area contributed by atoms with Gasteiger partial charge in [-0.15, -0.1) is 0 Å². The van der Waals surface area contributed by atoms with E-state index in [0.717, 1.165) is 24.3 Å². The summed E-state index contributed by atoms with van der Waals surface area (Å²) >= 11 is 0. The van der Waals surface area contributed by atoms with Crippen molar-refractivity contribution in [2.24, 2.45) is 0 Å². The first-order valence-corrected chi connectivity index (χ1v) is 5.45. The summed E-state index contributed by atoms with van der Waals surface area (Å²) in [6, 6.07) is 7.61. The Morgan fingerprint density at radius 1 is 1.35 bits per heavy atom. The van der Waals surface area contributed by atoms with Crippen molar-refractivity contribution in [1.29, 1.82) is 0 Å². The van der Waals surface area contributed by atoms with Crippen LogP contribution in [0.2, 0.25) is 0 Å². The van der Waals surface area contributed by atoms with Crippen LogP contribution in [-0.2, 0) is 6.42 Å². The average molecular weight is 233 g/mol. The summed E-state index contributed by atoms with van der Waals surface area (Å²) in [5.41, 5.74) is 0.842. The van der Waals surface area contributed by atoms with Crippen molar-refractivity contribution in [2.75, 3.05) is 20.7 Å². The number of hydrogen-bond donors (Lipinski definition) is 1. The van der Waals surface area contributed by atoms with Gasteiger partial charge in [-0.3, -0.25) is 0 Å². The molecule has 0 aliphatic heterocycles. The number of nitrogens with zero attached hydrogens (tertiary/aromatic N) is 2. The molecule has 1 N–H and O–H groups in total. The molecule has 1 aromatic heterocycles. The average Bonchev–Trinajstić information content (AvgIpc) is 2.85. The Morgan fingerprint density at radius 3 is 2.94 bits per heavy atom. The fraction of sp³-hybridized carbons (Fsp3) is 0.333. The third-order valence-electron chi connectivity index (χ3n) is 2.40. The molecule has 2 aromatic rings.